The average molecular weight is 323 g/mol. The fraction of sp³-hybridized carbons (Fsp3) is 0.722. The van der Waals surface area contributed by atoms with Crippen molar-refractivity contribution in [2.75, 3.05) is 0 Å². The number of carbonyl (C=O) groups is 3. The van der Waals surface area contributed by atoms with Crippen LogP contribution >= 0.6 is 0 Å². The minimum atomic E-state index is -1.00. The monoisotopic (exact) mass is 323 g/mol. The van der Waals surface area contributed by atoms with Crippen LogP contribution in [0.4, 0.5) is 0 Å². The van der Waals surface area contributed by atoms with Gasteiger partial charge in [0.05, 0.1) is 0 Å². The Morgan fingerprint density at radius 3 is 2.61 bits per heavy atom. The lowest BCUT2D eigenvalue weighted by Crippen LogP contribution is -2.42. The Morgan fingerprint density at radius 1 is 1.35 bits per heavy atom. The number of carboxylic acids is 1. The molecule has 5 nitrogen and oxygen atoms in total. The summed E-state index contributed by atoms with van der Waals surface area (Å²) < 4.78 is 0. The molecule has 0 saturated heterocycles. The molecule has 2 N–H and O–H groups in total. The number of hydrogen-bond acceptors (Lipinski definition) is 3. The Bertz CT molecular complexity index is 456. The zero-order chi connectivity index (χ0) is 17.4. The Labute approximate surface area is 138 Å². The van der Waals surface area contributed by atoms with Gasteiger partial charge in [0.1, 0.15) is 11.8 Å². The summed E-state index contributed by atoms with van der Waals surface area (Å²) in [5.74, 6) is -0.925. The van der Waals surface area contributed by atoms with E-state index >= 15 is 0 Å². The van der Waals surface area contributed by atoms with Gasteiger partial charge in [0.15, 0.2) is 0 Å². The summed E-state index contributed by atoms with van der Waals surface area (Å²) in [5, 5.41) is 11.8. The predicted octanol–water partition coefficient (Wildman–Crippen LogP) is 2.94. The molecule has 0 bridgehead atoms. The molecular weight excluding hydrogens is 294 g/mol. The molecule has 1 aliphatic rings. The first-order valence-electron chi connectivity index (χ1n) is 8.55. The van der Waals surface area contributed by atoms with Gasteiger partial charge in [0.2, 0.25) is 5.91 Å². The molecule has 0 radical (unpaired) electrons. The summed E-state index contributed by atoms with van der Waals surface area (Å²) in [6.07, 6.45) is 7.55. The van der Waals surface area contributed by atoms with Gasteiger partial charge < -0.3 is 10.4 Å². The lowest BCUT2D eigenvalue weighted by Gasteiger charge is -2.20. The minimum Gasteiger partial charge on any atom is -0.480 e. The second-order valence-electron chi connectivity index (χ2n) is 6.78. The number of ketones is 1. The van der Waals surface area contributed by atoms with Crippen molar-refractivity contribution in [2.45, 2.75) is 65.3 Å². The fourth-order valence-corrected chi connectivity index (χ4v) is 3.14. The highest BCUT2D eigenvalue weighted by atomic mass is 16.4. The number of aliphatic carboxylic acids is 1. The van der Waals surface area contributed by atoms with E-state index in [0.717, 1.165) is 12.8 Å². The SMILES string of the molecule is CC/C=C/CC1C(=O)CCC1CC(=O)N[C@H](CC(C)C)C(=O)O. The number of rotatable bonds is 9. The van der Waals surface area contributed by atoms with Crippen LogP contribution < -0.4 is 5.32 Å². The quantitative estimate of drug-likeness (QED) is 0.639. The molecule has 1 saturated carbocycles. The van der Waals surface area contributed by atoms with Gasteiger partial charge in [-0.3, -0.25) is 9.59 Å². The first-order valence-corrected chi connectivity index (χ1v) is 8.55. The van der Waals surface area contributed by atoms with Crippen LogP contribution in [-0.4, -0.2) is 28.8 Å². The van der Waals surface area contributed by atoms with Crippen LogP contribution in [0.2, 0.25) is 0 Å². The Hall–Kier alpha value is -1.65. The van der Waals surface area contributed by atoms with Gasteiger partial charge in [0.25, 0.3) is 0 Å². The smallest absolute Gasteiger partial charge is 0.326 e. The molecule has 0 aromatic rings. The van der Waals surface area contributed by atoms with E-state index < -0.39 is 12.0 Å². The van der Waals surface area contributed by atoms with Gasteiger partial charge in [-0.25, -0.2) is 4.79 Å². The van der Waals surface area contributed by atoms with Crippen molar-refractivity contribution in [1.82, 2.24) is 5.32 Å². The maximum absolute atomic E-state index is 12.2. The molecule has 23 heavy (non-hydrogen) atoms. The molecule has 2 unspecified atom stereocenters. The van der Waals surface area contributed by atoms with Crippen molar-refractivity contribution in [3.05, 3.63) is 12.2 Å². The maximum atomic E-state index is 12.2. The normalized spacial score (nSPS) is 22.7. The van der Waals surface area contributed by atoms with E-state index in [1.54, 1.807) is 0 Å². The van der Waals surface area contributed by atoms with Gasteiger partial charge in [-0.2, -0.15) is 0 Å². The van der Waals surface area contributed by atoms with Crippen molar-refractivity contribution in [1.29, 1.82) is 0 Å². The first-order chi connectivity index (χ1) is 10.8. The Balaban J connectivity index is 2.58. The van der Waals surface area contributed by atoms with Crippen LogP contribution in [0.5, 0.6) is 0 Å². The fourth-order valence-electron chi connectivity index (χ4n) is 3.14. The highest BCUT2D eigenvalue weighted by Gasteiger charge is 2.35. The zero-order valence-electron chi connectivity index (χ0n) is 14.4. The predicted molar refractivity (Wildman–Crippen MR) is 88.9 cm³/mol. The van der Waals surface area contributed by atoms with Crippen LogP contribution in [0, 0.1) is 17.8 Å². The summed E-state index contributed by atoms with van der Waals surface area (Å²) in [5.41, 5.74) is 0. The molecule has 3 atom stereocenters. The van der Waals surface area contributed by atoms with Gasteiger partial charge in [-0.15, -0.1) is 0 Å². The molecule has 1 amide bonds. The first kappa shape index (κ1) is 19.4. The lowest BCUT2D eigenvalue weighted by atomic mass is 9.89. The van der Waals surface area contributed by atoms with E-state index in [9.17, 15) is 19.5 Å². The summed E-state index contributed by atoms with van der Waals surface area (Å²) >= 11 is 0. The molecule has 1 rings (SSSR count). The van der Waals surface area contributed by atoms with Crippen molar-refractivity contribution in [2.24, 2.45) is 17.8 Å². The summed E-state index contributed by atoms with van der Waals surface area (Å²) in [7, 11) is 0. The molecule has 0 spiro atoms. The summed E-state index contributed by atoms with van der Waals surface area (Å²) in [4.78, 5) is 35.4. The molecule has 0 aromatic heterocycles. The highest BCUT2D eigenvalue weighted by Crippen LogP contribution is 2.34. The van der Waals surface area contributed by atoms with E-state index in [0.29, 0.717) is 19.3 Å². The van der Waals surface area contributed by atoms with E-state index in [1.807, 2.05) is 32.9 Å². The van der Waals surface area contributed by atoms with Crippen molar-refractivity contribution >= 4 is 17.7 Å². The molecule has 1 fully saturated rings. The number of hydrogen-bond donors (Lipinski definition) is 2. The van der Waals surface area contributed by atoms with Gasteiger partial charge in [-0.05, 0) is 37.5 Å². The van der Waals surface area contributed by atoms with Gasteiger partial charge in [-0.1, -0.05) is 32.9 Å². The van der Waals surface area contributed by atoms with Crippen molar-refractivity contribution in [3.8, 4) is 0 Å². The molecule has 0 heterocycles. The zero-order valence-corrected chi connectivity index (χ0v) is 14.4. The van der Waals surface area contributed by atoms with E-state index in [1.165, 1.54) is 0 Å². The number of Topliss-reactive ketones (excluding diaryl/α,β-unsaturated/α-hetero) is 1. The Kier molecular flexibility index (Phi) is 8.00. The van der Waals surface area contributed by atoms with E-state index in [-0.39, 0.29) is 35.9 Å². The Morgan fingerprint density at radius 2 is 2.04 bits per heavy atom. The molecule has 5 heteroatoms. The number of amides is 1. The van der Waals surface area contributed by atoms with Crippen LogP contribution in [0.1, 0.15) is 59.3 Å². The van der Waals surface area contributed by atoms with Crippen molar-refractivity contribution < 1.29 is 19.5 Å². The minimum absolute atomic E-state index is 0.0255. The standard InChI is InChI=1S/C18H29NO4/c1-4-5-6-7-14-13(8-9-16(14)20)11-17(21)19-15(18(22)23)10-12(2)3/h5-6,12-15H,4,7-11H2,1-3H3,(H,19,21)(H,22,23)/b6-5+/t13?,14?,15-/m1/s1. The molecule has 0 aromatic carbocycles. The summed E-state index contributed by atoms with van der Waals surface area (Å²) in [6.45, 7) is 5.89. The second kappa shape index (κ2) is 9.48. The maximum Gasteiger partial charge on any atom is 0.326 e. The molecular formula is C18H29NO4. The third-order valence-electron chi connectivity index (χ3n) is 4.32. The largest absolute Gasteiger partial charge is 0.480 e. The van der Waals surface area contributed by atoms with Crippen LogP contribution in [-0.2, 0) is 14.4 Å². The number of carbonyl (C=O) groups excluding carboxylic acids is 2. The van der Waals surface area contributed by atoms with Gasteiger partial charge >= 0.3 is 5.97 Å². The lowest BCUT2D eigenvalue weighted by molar-refractivity contribution is -0.142. The van der Waals surface area contributed by atoms with Crippen LogP contribution in [0.25, 0.3) is 0 Å². The van der Waals surface area contributed by atoms with Gasteiger partial charge in [0, 0.05) is 18.8 Å². The van der Waals surface area contributed by atoms with Crippen LogP contribution in [0.3, 0.4) is 0 Å². The third-order valence-corrected chi connectivity index (χ3v) is 4.32. The number of carboxylic acid groups (broad SMARTS) is 1. The average Bonchev–Trinajstić information content (AvgIpc) is 2.79. The van der Waals surface area contributed by atoms with Crippen molar-refractivity contribution in [3.63, 3.8) is 0 Å². The third kappa shape index (κ3) is 6.55. The summed E-state index contributed by atoms with van der Waals surface area (Å²) in [6, 6.07) is -0.849. The highest BCUT2D eigenvalue weighted by molar-refractivity contribution is 5.87. The van der Waals surface area contributed by atoms with Crippen LogP contribution in [0.15, 0.2) is 12.2 Å². The van der Waals surface area contributed by atoms with E-state index in [2.05, 4.69) is 5.32 Å². The number of allylic oxidation sites excluding steroid dienone is 2. The number of nitrogens with one attached hydrogen (secondary N) is 1. The molecule has 130 valence electrons. The van der Waals surface area contributed by atoms with E-state index in [4.69, 9.17) is 0 Å². The second-order valence-corrected chi connectivity index (χ2v) is 6.78. The molecule has 0 aliphatic heterocycles. The topological polar surface area (TPSA) is 83.5 Å². The molecule has 1 aliphatic carbocycles.